The van der Waals surface area contributed by atoms with Crippen LogP contribution in [0, 0.1) is 17.0 Å². The van der Waals surface area contributed by atoms with Crippen LogP contribution in [0.2, 0.25) is 0 Å². The Balaban J connectivity index is 3.00. The second-order valence-corrected chi connectivity index (χ2v) is 4.88. The van der Waals surface area contributed by atoms with Gasteiger partial charge in [0.05, 0.1) is 5.69 Å². The summed E-state index contributed by atoms with van der Waals surface area (Å²) in [5.41, 5.74) is 4.83. The number of carbonyl (C=O) groups excluding carboxylic acids is 1. The summed E-state index contributed by atoms with van der Waals surface area (Å²) in [5, 5.41) is 0. The van der Waals surface area contributed by atoms with Crippen LogP contribution in [-0.2, 0) is 4.79 Å². The Kier molecular flexibility index (Phi) is 4.40. The quantitative estimate of drug-likeness (QED) is 0.898. The number of carbonyl (C=O) groups is 1. The van der Waals surface area contributed by atoms with Gasteiger partial charge in [-0.2, -0.15) is 0 Å². The van der Waals surface area contributed by atoms with E-state index in [0.29, 0.717) is 13.0 Å². The van der Waals surface area contributed by atoms with E-state index in [1.54, 1.807) is 13.8 Å². The summed E-state index contributed by atoms with van der Waals surface area (Å²) in [4.78, 5) is 13.4. The van der Waals surface area contributed by atoms with Gasteiger partial charge in [0.25, 0.3) is 0 Å². The molecule has 0 aliphatic heterocycles. The Labute approximate surface area is 106 Å². The molecule has 0 bridgehead atoms. The van der Waals surface area contributed by atoms with Crippen molar-refractivity contribution < 1.29 is 13.6 Å². The van der Waals surface area contributed by atoms with Crippen molar-refractivity contribution in [3.05, 3.63) is 29.8 Å². The van der Waals surface area contributed by atoms with Crippen LogP contribution in [0.5, 0.6) is 0 Å². The van der Waals surface area contributed by atoms with E-state index >= 15 is 0 Å². The van der Waals surface area contributed by atoms with Gasteiger partial charge in [-0.05, 0) is 25.1 Å². The smallest absolute Gasteiger partial charge is 0.232 e. The third-order valence-electron chi connectivity index (χ3n) is 2.92. The average Bonchev–Trinajstić information content (AvgIpc) is 2.27. The van der Waals surface area contributed by atoms with Crippen molar-refractivity contribution in [3.8, 4) is 0 Å². The van der Waals surface area contributed by atoms with Gasteiger partial charge in [0.1, 0.15) is 11.6 Å². The summed E-state index contributed by atoms with van der Waals surface area (Å²) in [7, 11) is 1.47. The zero-order valence-electron chi connectivity index (χ0n) is 10.8. The van der Waals surface area contributed by atoms with Crippen LogP contribution in [-0.4, -0.2) is 19.5 Å². The first kappa shape index (κ1) is 14.6. The highest BCUT2D eigenvalue weighted by Crippen LogP contribution is 2.27. The molecule has 0 aliphatic rings. The fraction of sp³-hybridized carbons (Fsp3) is 0.462. The minimum Gasteiger partial charge on any atom is -0.330 e. The van der Waals surface area contributed by atoms with Gasteiger partial charge in [-0.15, -0.1) is 0 Å². The van der Waals surface area contributed by atoms with E-state index in [-0.39, 0.29) is 11.6 Å². The third-order valence-corrected chi connectivity index (χ3v) is 2.92. The number of hydrogen-bond donors (Lipinski definition) is 1. The lowest BCUT2D eigenvalue weighted by Crippen LogP contribution is -2.40. The van der Waals surface area contributed by atoms with E-state index in [2.05, 4.69) is 0 Å². The van der Waals surface area contributed by atoms with E-state index in [0.717, 1.165) is 12.1 Å². The van der Waals surface area contributed by atoms with Gasteiger partial charge in [0.15, 0.2) is 0 Å². The normalized spacial score (nSPS) is 11.4. The Morgan fingerprint density at radius 2 is 2.00 bits per heavy atom. The first-order chi connectivity index (χ1) is 8.29. The Bertz CT molecular complexity index is 447. The molecule has 18 heavy (non-hydrogen) atoms. The molecule has 0 aromatic heterocycles. The van der Waals surface area contributed by atoms with Crippen molar-refractivity contribution in [2.24, 2.45) is 11.1 Å². The minimum absolute atomic E-state index is 0.0616. The Morgan fingerprint density at radius 3 is 2.50 bits per heavy atom. The molecule has 0 atom stereocenters. The van der Waals surface area contributed by atoms with Crippen molar-refractivity contribution in [1.82, 2.24) is 0 Å². The van der Waals surface area contributed by atoms with Crippen LogP contribution in [0.4, 0.5) is 14.5 Å². The van der Waals surface area contributed by atoms with Crippen LogP contribution >= 0.6 is 0 Å². The largest absolute Gasteiger partial charge is 0.330 e. The average molecular weight is 256 g/mol. The first-order valence-electron chi connectivity index (χ1n) is 5.73. The molecule has 0 fully saturated rings. The van der Waals surface area contributed by atoms with Gasteiger partial charge in [-0.25, -0.2) is 8.78 Å². The van der Waals surface area contributed by atoms with E-state index in [1.807, 2.05) is 0 Å². The molecule has 1 aromatic rings. The molecular weight excluding hydrogens is 238 g/mol. The maximum absolute atomic E-state index is 13.6. The number of benzene rings is 1. The summed E-state index contributed by atoms with van der Waals surface area (Å²) in [6.45, 7) is 3.87. The van der Waals surface area contributed by atoms with Gasteiger partial charge in [0.2, 0.25) is 5.91 Å². The molecule has 0 heterocycles. The molecule has 0 radical (unpaired) electrons. The molecule has 0 saturated carbocycles. The molecule has 1 amide bonds. The number of rotatable bonds is 4. The van der Waals surface area contributed by atoms with Gasteiger partial charge in [-0.1, -0.05) is 13.8 Å². The lowest BCUT2D eigenvalue weighted by atomic mass is 9.87. The van der Waals surface area contributed by atoms with Crippen molar-refractivity contribution in [1.29, 1.82) is 0 Å². The summed E-state index contributed by atoms with van der Waals surface area (Å²) >= 11 is 0. The maximum atomic E-state index is 13.6. The fourth-order valence-electron chi connectivity index (χ4n) is 1.78. The molecule has 0 aliphatic carbocycles. The fourth-order valence-corrected chi connectivity index (χ4v) is 1.78. The lowest BCUT2D eigenvalue weighted by Gasteiger charge is -2.29. The molecule has 1 aromatic carbocycles. The van der Waals surface area contributed by atoms with E-state index in [9.17, 15) is 13.6 Å². The summed E-state index contributed by atoms with van der Waals surface area (Å²) in [5.74, 6) is -1.67. The van der Waals surface area contributed by atoms with Gasteiger partial charge in [-0.3, -0.25) is 4.79 Å². The molecular formula is C13H18F2N2O. The zero-order chi connectivity index (χ0) is 13.9. The third kappa shape index (κ3) is 3.04. The number of amides is 1. The predicted octanol–water partition coefficient (Wildman–Crippen LogP) is 2.30. The molecule has 0 saturated heterocycles. The van der Waals surface area contributed by atoms with Crippen molar-refractivity contribution in [3.63, 3.8) is 0 Å². The summed E-state index contributed by atoms with van der Waals surface area (Å²) < 4.78 is 26.4. The number of anilines is 1. The number of nitrogens with two attached hydrogens (primary N) is 1. The predicted molar refractivity (Wildman–Crippen MR) is 67.2 cm³/mol. The van der Waals surface area contributed by atoms with Gasteiger partial charge < -0.3 is 10.6 Å². The van der Waals surface area contributed by atoms with Crippen LogP contribution in [0.3, 0.4) is 0 Å². The number of halogens is 2. The first-order valence-corrected chi connectivity index (χ1v) is 5.73. The molecule has 0 unspecified atom stereocenters. The highest BCUT2D eigenvalue weighted by Gasteiger charge is 2.31. The van der Waals surface area contributed by atoms with Crippen LogP contribution in [0.1, 0.15) is 20.3 Å². The maximum Gasteiger partial charge on any atom is 0.232 e. The standard InChI is InChI=1S/C13H18F2N2O/c1-13(2,6-7-16)12(18)17(3)11-5-4-9(14)8-10(11)15/h4-5,8H,6-7,16H2,1-3H3. The second kappa shape index (κ2) is 5.44. The van der Waals surface area contributed by atoms with Gasteiger partial charge in [0, 0.05) is 18.5 Å². The van der Waals surface area contributed by atoms with Crippen LogP contribution in [0.25, 0.3) is 0 Å². The molecule has 5 heteroatoms. The number of nitrogens with zero attached hydrogens (tertiary/aromatic N) is 1. The van der Waals surface area contributed by atoms with E-state index < -0.39 is 17.0 Å². The van der Waals surface area contributed by atoms with Crippen molar-refractivity contribution in [2.75, 3.05) is 18.5 Å². The molecule has 1 rings (SSSR count). The highest BCUT2D eigenvalue weighted by molar-refractivity contribution is 5.96. The number of hydrogen-bond acceptors (Lipinski definition) is 2. The lowest BCUT2D eigenvalue weighted by molar-refractivity contribution is -0.126. The summed E-state index contributed by atoms with van der Waals surface area (Å²) in [6, 6.07) is 3.13. The van der Waals surface area contributed by atoms with Crippen molar-refractivity contribution in [2.45, 2.75) is 20.3 Å². The summed E-state index contributed by atoms with van der Waals surface area (Å²) in [6.07, 6.45) is 0.499. The van der Waals surface area contributed by atoms with Crippen LogP contribution in [0.15, 0.2) is 18.2 Å². The van der Waals surface area contributed by atoms with Crippen molar-refractivity contribution >= 4 is 11.6 Å². The Hall–Kier alpha value is -1.49. The zero-order valence-corrected chi connectivity index (χ0v) is 10.8. The van der Waals surface area contributed by atoms with Crippen LogP contribution < -0.4 is 10.6 Å². The van der Waals surface area contributed by atoms with E-state index in [1.165, 1.54) is 18.0 Å². The molecule has 0 spiro atoms. The molecule has 2 N–H and O–H groups in total. The minimum atomic E-state index is -0.755. The molecule has 100 valence electrons. The second-order valence-electron chi connectivity index (χ2n) is 4.88. The molecule has 3 nitrogen and oxygen atoms in total. The van der Waals surface area contributed by atoms with E-state index in [4.69, 9.17) is 5.73 Å². The monoisotopic (exact) mass is 256 g/mol. The SMILES string of the molecule is CN(C(=O)C(C)(C)CCN)c1ccc(F)cc1F. The highest BCUT2D eigenvalue weighted by atomic mass is 19.1. The Morgan fingerprint density at radius 1 is 1.39 bits per heavy atom. The van der Waals surface area contributed by atoms with Gasteiger partial charge >= 0.3 is 0 Å². The topological polar surface area (TPSA) is 46.3 Å².